The molecule has 0 aliphatic carbocycles. The third kappa shape index (κ3) is 2.58. The number of hydrogen-bond donors (Lipinski definition) is 0. The first-order chi connectivity index (χ1) is 9.42. The van der Waals surface area contributed by atoms with E-state index in [0.29, 0.717) is 27.1 Å². The molecule has 0 amide bonds. The fourth-order valence-corrected chi connectivity index (χ4v) is 2.70. The monoisotopic (exact) mass is 313 g/mol. The molecule has 5 heteroatoms. The maximum atomic E-state index is 6.25. The summed E-state index contributed by atoms with van der Waals surface area (Å²) in [5, 5.41) is 5.28. The number of aromatic nitrogens is 1. The highest BCUT2D eigenvalue weighted by atomic mass is 35.5. The number of hydrogen-bond acceptors (Lipinski definition) is 3. The highest BCUT2D eigenvalue weighted by molar-refractivity contribution is 6.39. The van der Waals surface area contributed by atoms with Crippen molar-refractivity contribution in [2.24, 2.45) is 0 Å². The van der Waals surface area contributed by atoms with Gasteiger partial charge in [-0.05, 0) is 32.4 Å². The highest BCUT2D eigenvalue weighted by Crippen LogP contribution is 2.39. The molecular formula is C15H17Cl2NO2. The summed E-state index contributed by atoms with van der Waals surface area (Å²) in [5.41, 5.74) is 1.80. The van der Waals surface area contributed by atoms with E-state index in [1.165, 1.54) is 0 Å². The summed E-state index contributed by atoms with van der Waals surface area (Å²) in [7, 11) is 1.64. The molecule has 0 aliphatic heterocycles. The maximum Gasteiger partial charge on any atom is 0.171 e. The number of methoxy groups -OCH3 is 1. The van der Waals surface area contributed by atoms with E-state index in [9.17, 15) is 0 Å². The van der Waals surface area contributed by atoms with E-state index in [-0.39, 0.29) is 0 Å². The van der Waals surface area contributed by atoms with Crippen LogP contribution in [-0.4, -0.2) is 12.3 Å². The van der Waals surface area contributed by atoms with Crippen molar-refractivity contribution in [1.82, 2.24) is 5.16 Å². The van der Waals surface area contributed by atoms with Crippen molar-refractivity contribution in [1.29, 1.82) is 0 Å². The quantitative estimate of drug-likeness (QED) is 0.788. The SMILES string of the molecule is CCc1c(-c2c(Cl)cccc2Cl)noc1C(C)(C)OC. The molecule has 20 heavy (non-hydrogen) atoms. The lowest BCUT2D eigenvalue weighted by Crippen LogP contribution is -2.20. The zero-order chi connectivity index (χ0) is 14.9. The lowest BCUT2D eigenvalue weighted by molar-refractivity contribution is -0.00428. The molecule has 0 aliphatic rings. The third-order valence-corrected chi connectivity index (χ3v) is 4.03. The van der Waals surface area contributed by atoms with Gasteiger partial charge >= 0.3 is 0 Å². The summed E-state index contributed by atoms with van der Waals surface area (Å²) in [6.07, 6.45) is 0.752. The molecule has 0 unspecified atom stereocenters. The maximum absolute atomic E-state index is 6.25. The molecule has 0 atom stereocenters. The van der Waals surface area contributed by atoms with E-state index in [4.69, 9.17) is 32.5 Å². The minimum absolute atomic E-state index is 0.551. The minimum Gasteiger partial charge on any atom is -0.371 e. The number of benzene rings is 1. The van der Waals surface area contributed by atoms with Gasteiger partial charge in [-0.3, -0.25) is 0 Å². The number of ether oxygens (including phenoxy) is 1. The first-order valence-corrected chi connectivity index (χ1v) is 7.16. The molecule has 2 aromatic rings. The Morgan fingerprint density at radius 1 is 1.25 bits per heavy atom. The fourth-order valence-electron chi connectivity index (χ4n) is 2.12. The summed E-state index contributed by atoms with van der Waals surface area (Å²) in [6.45, 7) is 5.91. The van der Waals surface area contributed by atoms with Gasteiger partial charge in [0.2, 0.25) is 0 Å². The summed E-state index contributed by atoms with van der Waals surface area (Å²) >= 11 is 12.5. The van der Waals surface area contributed by atoms with Crippen molar-refractivity contribution in [3.63, 3.8) is 0 Å². The normalized spacial score (nSPS) is 11.9. The van der Waals surface area contributed by atoms with Crippen molar-refractivity contribution in [3.05, 3.63) is 39.6 Å². The van der Waals surface area contributed by atoms with Gasteiger partial charge in [0.05, 0.1) is 10.0 Å². The second-order valence-corrected chi connectivity index (χ2v) is 5.82. The fraction of sp³-hybridized carbons (Fsp3) is 0.400. The molecule has 0 saturated heterocycles. The Morgan fingerprint density at radius 3 is 2.35 bits per heavy atom. The van der Waals surface area contributed by atoms with Gasteiger partial charge in [-0.1, -0.05) is 41.3 Å². The van der Waals surface area contributed by atoms with Crippen LogP contribution in [0.4, 0.5) is 0 Å². The van der Waals surface area contributed by atoms with Gasteiger partial charge in [0, 0.05) is 18.2 Å². The molecule has 0 fully saturated rings. The van der Waals surface area contributed by atoms with E-state index in [1.807, 2.05) is 20.8 Å². The first-order valence-electron chi connectivity index (χ1n) is 6.41. The summed E-state index contributed by atoms with van der Waals surface area (Å²) in [4.78, 5) is 0. The van der Waals surface area contributed by atoms with Gasteiger partial charge in [0.25, 0.3) is 0 Å². The van der Waals surface area contributed by atoms with Crippen molar-refractivity contribution in [3.8, 4) is 11.3 Å². The van der Waals surface area contributed by atoms with Crippen LogP contribution in [0.1, 0.15) is 32.1 Å². The van der Waals surface area contributed by atoms with Crippen molar-refractivity contribution in [2.45, 2.75) is 32.8 Å². The van der Waals surface area contributed by atoms with Gasteiger partial charge in [-0.2, -0.15) is 0 Å². The van der Waals surface area contributed by atoms with Crippen LogP contribution in [0.15, 0.2) is 22.7 Å². The first kappa shape index (κ1) is 15.4. The van der Waals surface area contributed by atoms with E-state index in [0.717, 1.165) is 12.0 Å². The number of nitrogens with zero attached hydrogens (tertiary/aromatic N) is 1. The molecule has 108 valence electrons. The predicted octanol–water partition coefficient (Wildman–Crippen LogP) is 5.09. The molecule has 0 bridgehead atoms. The van der Waals surface area contributed by atoms with Crippen molar-refractivity contribution in [2.75, 3.05) is 7.11 Å². The molecule has 1 aromatic carbocycles. The van der Waals surface area contributed by atoms with Crippen LogP contribution in [0, 0.1) is 0 Å². The molecule has 0 saturated carbocycles. The van der Waals surface area contributed by atoms with Crippen LogP contribution in [0.5, 0.6) is 0 Å². The molecule has 0 radical (unpaired) electrons. The Morgan fingerprint density at radius 2 is 1.85 bits per heavy atom. The predicted molar refractivity (Wildman–Crippen MR) is 81.4 cm³/mol. The topological polar surface area (TPSA) is 35.3 Å². The van der Waals surface area contributed by atoms with Gasteiger partial charge in [-0.25, -0.2) is 0 Å². The summed E-state index contributed by atoms with van der Waals surface area (Å²) in [5.74, 6) is 0.702. The van der Waals surface area contributed by atoms with Crippen LogP contribution >= 0.6 is 23.2 Å². The van der Waals surface area contributed by atoms with Crippen molar-refractivity contribution < 1.29 is 9.26 Å². The van der Waals surface area contributed by atoms with Crippen LogP contribution in [0.3, 0.4) is 0 Å². The lowest BCUT2D eigenvalue weighted by Gasteiger charge is -2.20. The standard InChI is InChI=1S/C15H17Cl2NO2/c1-5-9-13(12-10(16)7-6-8-11(12)17)18-20-14(9)15(2,3)19-4/h6-8H,5H2,1-4H3. The lowest BCUT2D eigenvalue weighted by atomic mass is 9.96. The van der Waals surface area contributed by atoms with Crippen LogP contribution < -0.4 is 0 Å². The Hall–Kier alpha value is -1.03. The largest absolute Gasteiger partial charge is 0.371 e. The Balaban J connectivity index is 2.66. The van der Waals surface area contributed by atoms with E-state index in [2.05, 4.69) is 5.16 Å². The Kier molecular flexibility index (Phi) is 4.43. The number of halogens is 2. The average molecular weight is 314 g/mol. The zero-order valence-corrected chi connectivity index (χ0v) is 13.5. The second-order valence-electron chi connectivity index (χ2n) is 5.00. The Bertz CT molecular complexity index is 600. The molecule has 3 nitrogen and oxygen atoms in total. The van der Waals surface area contributed by atoms with Gasteiger partial charge in [0.1, 0.15) is 11.3 Å². The molecule has 2 rings (SSSR count). The minimum atomic E-state index is -0.551. The van der Waals surface area contributed by atoms with Crippen LogP contribution in [-0.2, 0) is 16.8 Å². The van der Waals surface area contributed by atoms with Crippen LogP contribution in [0.25, 0.3) is 11.3 Å². The molecular weight excluding hydrogens is 297 g/mol. The van der Waals surface area contributed by atoms with E-state index < -0.39 is 5.60 Å². The van der Waals surface area contributed by atoms with Gasteiger partial charge < -0.3 is 9.26 Å². The molecule has 0 spiro atoms. The van der Waals surface area contributed by atoms with Crippen molar-refractivity contribution >= 4 is 23.2 Å². The Labute approximate surface area is 128 Å². The molecule has 1 aromatic heterocycles. The smallest absolute Gasteiger partial charge is 0.171 e. The average Bonchev–Trinajstić information content (AvgIpc) is 2.83. The van der Waals surface area contributed by atoms with E-state index >= 15 is 0 Å². The summed E-state index contributed by atoms with van der Waals surface area (Å²) < 4.78 is 11.0. The second kappa shape index (κ2) is 5.76. The van der Waals surface area contributed by atoms with Crippen LogP contribution in [0.2, 0.25) is 10.0 Å². The third-order valence-electron chi connectivity index (χ3n) is 3.40. The van der Waals surface area contributed by atoms with Gasteiger partial charge in [-0.15, -0.1) is 0 Å². The highest BCUT2D eigenvalue weighted by Gasteiger charge is 2.31. The number of rotatable bonds is 4. The van der Waals surface area contributed by atoms with Gasteiger partial charge in [0.15, 0.2) is 5.76 Å². The summed E-state index contributed by atoms with van der Waals surface area (Å²) in [6, 6.07) is 5.38. The van der Waals surface area contributed by atoms with E-state index in [1.54, 1.807) is 25.3 Å². The zero-order valence-electron chi connectivity index (χ0n) is 12.0. The molecule has 0 N–H and O–H groups in total. The molecule has 1 heterocycles.